The maximum Gasteiger partial charge on any atom is 0.131 e. The van der Waals surface area contributed by atoms with E-state index in [1.54, 1.807) is 0 Å². The fraction of sp³-hybridized carbons (Fsp3) is 0.667. The summed E-state index contributed by atoms with van der Waals surface area (Å²) in [5.74, 6) is 0. The van der Waals surface area contributed by atoms with Gasteiger partial charge in [-0.25, -0.2) is 0 Å². The van der Waals surface area contributed by atoms with Crippen LogP contribution in [0.15, 0.2) is 4.60 Å². The quantitative estimate of drug-likeness (QED) is 0.754. The molecule has 1 aliphatic carbocycles. The molecule has 2 heterocycles. The van der Waals surface area contributed by atoms with Crippen LogP contribution in [0.2, 0.25) is 0 Å². The normalized spacial score (nSPS) is 21.6. The first-order chi connectivity index (χ1) is 6.36. The van der Waals surface area contributed by atoms with E-state index >= 15 is 0 Å². The van der Waals surface area contributed by atoms with Crippen molar-refractivity contribution in [2.45, 2.75) is 31.9 Å². The second kappa shape index (κ2) is 2.82. The minimum atomic E-state index is 0.654. The summed E-state index contributed by atoms with van der Waals surface area (Å²) < 4.78 is 8.62. The largest absolute Gasteiger partial charge is 0.375 e. The van der Waals surface area contributed by atoms with Gasteiger partial charge in [-0.3, -0.25) is 4.68 Å². The third kappa shape index (κ3) is 1.23. The second-order valence-corrected chi connectivity index (χ2v) is 4.45. The SMILES string of the molecule is Brc1nn(C2CC2)c2c1CCOC2. The van der Waals surface area contributed by atoms with Crippen molar-refractivity contribution in [1.29, 1.82) is 0 Å². The fourth-order valence-corrected chi connectivity index (χ4v) is 2.44. The van der Waals surface area contributed by atoms with Crippen molar-refractivity contribution in [3.8, 4) is 0 Å². The average molecular weight is 243 g/mol. The van der Waals surface area contributed by atoms with Gasteiger partial charge in [-0.2, -0.15) is 5.10 Å². The van der Waals surface area contributed by atoms with Gasteiger partial charge in [0.05, 0.1) is 24.9 Å². The van der Waals surface area contributed by atoms with E-state index < -0.39 is 0 Å². The Bertz CT molecular complexity index is 344. The van der Waals surface area contributed by atoms with Crippen LogP contribution in [0.1, 0.15) is 30.1 Å². The van der Waals surface area contributed by atoms with Crippen LogP contribution in [0, 0.1) is 0 Å². The Balaban J connectivity index is 2.09. The molecule has 1 aromatic heterocycles. The summed E-state index contributed by atoms with van der Waals surface area (Å²) in [6.07, 6.45) is 3.56. The van der Waals surface area contributed by atoms with E-state index in [0.717, 1.165) is 24.2 Å². The monoisotopic (exact) mass is 242 g/mol. The van der Waals surface area contributed by atoms with E-state index in [2.05, 4.69) is 25.7 Å². The molecule has 3 nitrogen and oxygen atoms in total. The third-order valence-electron chi connectivity index (χ3n) is 2.70. The number of halogens is 1. The van der Waals surface area contributed by atoms with Gasteiger partial charge >= 0.3 is 0 Å². The molecule has 0 spiro atoms. The van der Waals surface area contributed by atoms with Gasteiger partial charge in [-0.15, -0.1) is 0 Å². The maximum absolute atomic E-state index is 5.45. The molecule has 1 aromatic rings. The topological polar surface area (TPSA) is 27.1 Å². The molecule has 4 heteroatoms. The van der Waals surface area contributed by atoms with Crippen LogP contribution in [-0.4, -0.2) is 16.4 Å². The van der Waals surface area contributed by atoms with Crippen molar-refractivity contribution < 1.29 is 4.74 Å². The lowest BCUT2D eigenvalue weighted by molar-refractivity contribution is 0.104. The van der Waals surface area contributed by atoms with Crippen LogP contribution >= 0.6 is 15.9 Å². The lowest BCUT2D eigenvalue weighted by atomic mass is 10.1. The number of rotatable bonds is 1. The van der Waals surface area contributed by atoms with E-state index in [-0.39, 0.29) is 0 Å². The molecule has 0 aromatic carbocycles. The molecule has 0 amide bonds. The van der Waals surface area contributed by atoms with Gasteiger partial charge in [0.2, 0.25) is 0 Å². The first-order valence-electron chi connectivity index (χ1n) is 4.70. The molecule has 2 aliphatic rings. The number of ether oxygens (including phenoxy) is 1. The summed E-state index contributed by atoms with van der Waals surface area (Å²) in [6.45, 7) is 1.58. The molecule has 0 atom stereocenters. The van der Waals surface area contributed by atoms with Crippen molar-refractivity contribution in [2.75, 3.05) is 6.61 Å². The van der Waals surface area contributed by atoms with Crippen molar-refractivity contribution in [1.82, 2.24) is 9.78 Å². The zero-order valence-electron chi connectivity index (χ0n) is 7.29. The number of nitrogens with zero attached hydrogens (tertiary/aromatic N) is 2. The number of hydrogen-bond acceptors (Lipinski definition) is 2. The lowest BCUT2D eigenvalue weighted by Gasteiger charge is -2.14. The predicted molar refractivity (Wildman–Crippen MR) is 51.6 cm³/mol. The molecule has 3 rings (SSSR count). The van der Waals surface area contributed by atoms with Crippen LogP contribution in [0.4, 0.5) is 0 Å². The molecule has 0 bridgehead atoms. The van der Waals surface area contributed by atoms with E-state index in [1.807, 2.05) is 0 Å². The average Bonchev–Trinajstić information content (AvgIpc) is 2.94. The molecular formula is C9H11BrN2O. The summed E-state index contributed by atoms with van der Waals surface area (Å²) in [5.41, 5.74) is 2.65. The van der Waals surface area contributed by atoms with Gasteiger partial charge in [0, 0.05) is 12.0 Å². The third-order valence-corrected chi connectivity index (χ3v) is 3.33. The Morgan fingerprint density at radius 2 is 2.31 bits per heavy atom. The highest BCUT2D eigenvalue weighted by molar-refractivity contribution is 9.10. The minimum Gasteiger partial charge on any atom is -0.375 e. The van der Waals surface area contributed by atoms with E-state index in [9.17, 15) is 0 Å². The summed E-state index contributed by atoms with van der Waals surface area (Å²) in [4.78, 5) is 0. The molecule has 13 heavy (non-hydrogen) atoms. The van der Waals surface area contributed by atoms with Crippen LogP contribution in [0.25, 0.3) is 0 Å². The molecule has 0 N–H and O–H groups in total. The first-order valence-corrected chi connectivity index (χ1v) is 5.49. The van der Waals surface area contributed by atoms with Crippen molar-refractivity contribution in [3.63, 3.8) is 0 Å². The molecule has 1 saturated carbocycles. The Hall–Kier alpha value is -0.350. The molecule has 1 fully saturated rings. The smallest absolute Gasteiger partial charge is 0.131 e. The fourth-order valence-electron chi connectivity index (χ4n) is 1.84. The molecular weight excluding hydrogens is 232 g/mol. The highest BCUT2D eigenvalue weighted by atomic mass is 79.9. The zero-order chi connectivity index (χ0) is 8.84. The molecule has 1 aliphatic heterocycles. The van der Waals surface area contributed by atoms with Crippen LogP contribution in [-0.2, 0) is 17.8 Å². The molecule has 0 radical (unpaired) electrons. The van der Waals surface area contributed by atoms with E-state index in [0.29, 0.717) is 6.04 Å². The zero-order valence-corrected chi connectivity index (χ0v) is 8.88. The summed E-state index contributed by atoms with van der Waals surface area (Å²) >= 11 is 3.51. The number of fused-ring (bicyclic) bond motifs is 1. The van der Waals surface area contributed by atoms with Crippen LogP contribution in [0.3, 0.4) is 0 Å². The highest BCUT2D eigenvalue weighted by Gasteiger charge is 2.30. The number of hydrogen-bond donors (Lipinski definition) is 0. The van der Waals surface area contributed by atoms with Gasteiger partial charge in [0.1, 0.15) is 4.60 Å². The van der Waals surface area contributed by atoms with E-state index in [4.69, 9.17) is 4.74 Å². The molecule has 0 unspecified atom stereocenters. The summed E-state index contributed by atoms with van der Waals surface area (Å²) in [7, 11) is 0. The Labute approximate surface area is 85.2 Å². The first kappa shape index (κ1) is 8.00. The predicted octanol–water partition coefficient (Wildman–Crippen LogP) is 2.05. The van der Waals surface area contributed by atoms with Crippen LogP contribution in [0.5, 0.6) is 0 Å². The van der Waals surface area contributed by atoms with Gasteiger partial charge in [0.15, 0.2) is 0 Å². The number of aromatic nitrogens is 2. The second-order valence-electron chi connectivity index (χ2n) is 3.69. The summed E-state index contributed by atoms with van der Waals surface area (Å²) in [6, 6.07) is 0.654. The van der Waals surface area contributed by atoms with Crippen molar-refractivity contribution in [3.05, 3.63) is 15.9 Å². The van der Waals surface area contributed by atoms with Gasteiger partial charge in [-0.1, -0.05) is 0 Å². The minimum absolute atomic E-state index is 0.654. The molecule has 0 saturated heterocycles. The van der Waals surface area contributed by atoms with Crippen LogP contribution < -0.4 is 0 Å². The van der Waals surface area contributed by atoms with Gasteiger partial charge in [0.25, 0.3) is 0 Å². The Morgan fingerprint density at radius 1 is 1.46 bits per heavy atom. The lowest BCUT2D eigenvalue weighted by Crippen LogP contribution is -2.12. The Kier molecular flexibility index (Phi) is 1.73. The van der Waals surface area contributed by atoms with Crippen molar-refractivity contribution >= 4 is 15.9 Å². The molecule has 70 valence electrons. The van der Waals surface area contributed by atoms with Gasteiger partial charge in [-0.05, 0) is 28.8 Å². The standard InChI is InChI=1S/C9H11BrN2O/c10-9-7-3-4-13-5-8(7)12(11-9)6-1-2-6/h6H,1-5H2. The summed E-state index contributed by atoms with van der Waals surface area (Å²) in [5, 5.41) is 4.51. The highest BCUT2D eigenvalue weighted by Crippen LogP contribution is 2.38. The van der Waals surface area contributed by atoms with E-state index in [1.165, 1.54) is 24.1 Å². The van der Waals surface area contributed by atoms with Gasteiger partial charge < -0.3 is 4.74 Å². The maximum atomic E-state index is 5.45. The Morgan fingerprint density at radius 3 is 3.08 bits per heavy atom. The van der Waals surface area contributed by atoms with Crippen molar-refractivity contribution in [2.24, 2.45) is 0 Å².